The molecule has 1 saturated heterocycles. The van der Waals surface area contributed by atoms with Crippen LogP contribution in [0.2, 0.25) is 0 Å². The SMILES string of the molecule is CC(C)/C=C/N1CCCC1. The van der Waals surface area contributed by atoms with Gasteiger partial charge in [-0.2, -0.15) is 0 Å². The van der Waals surface area contributed by atoms with Crippen LogP contribution in [-0.2, 0) is 0 Å². The molecule has 0 amide bonds. The first-order valence-electron chi connectivity index (χ1n) is 4.21. The van der Waals surface area contributed by atoms with Crippen molar-refractivity contribution in [3.8, 4) is 0 Å². The second-order valence-corrected chi connectivity index (χ2v) is 3.33. The largest absolute Gasteiger partial charge is 0.378 e. The molecule has 58 valence electrons. The van der Waals surface area contributed by atoms with Gasteiger partial charge in [0, 0.05) is 13.1 Å². The molecule has 1 nitrogen and oxygen atoms in total. The highest BCUT2D eigenvalue weighted by Crippen LogP contribution is 2.08. The van der Waals surface area contributed by atoms with Crippen molar-refractivity contribution in [3.05, 3.63) is 12.3 Å². The third kappa shape index (κ3) is 2.42. The fraction of sp³-hybridized carbons (Fsp3) is 0.778. The van der Waals surface area contributed by atoms with Crippen LogP contribution in [-0.4, -0.2) is 18.0 Å². The van der Waals surface area contributed by atoms with Gasteiger partial charge in [-0.25, -0.2) is 0 Å². The molecule has 10 heavy (non-hydrogen) atoms. The molecule has 1 fully saturated rings. The van der Waals surface area contributed by atoms with E-state index in [0.29, 0.717) is 5.92 Å². The Kier molecular flexibility index (Phi) is 2.79. The minimum Gasteiger partial charge on any atom is -0.378 e. The van der Waals surface area contributed by atoms with Crippen LogP contribution in [0.5, 0.6) is 0 Å². The number of hydrogen-bond acceptors (Lipinski definition) is 1. The van der Waals surface area contributed by atoms with Crippen molar-refractivity contribution in [3.63, 3.8) is 0 Å². The molecule has 1 aliphatic rings. The lowest BCUT2D eigenvalue weighted by Gasteiger charge is -2.10. The van der Waals surface area contributed by atoms with Crippen LogP contribution >= 0.6 is 0 Å². The Morgan fingerprint density at radius 2 is 1.80 bits per heavy atom. The molecule has 0 aliphatic carbocycles. The molecular formula is C9H17N. The zero-order valence-corrected chi connectivity index (χ0v) is 7.01. The molecule has 0 unspecified atom stereocenters. The Labute approximate surface area is 63.7 Å². The normalized spacial score (nSPS) is 19.7. The molecule has 0 aromatic carbocycles. The average Bonchev–Trinajstić information content (AvgIpc) is 2.34. The highest BCUT2D eigenvalue weighted by atomic mass is 15.1. The maximum atomic E-state index is 2.40. The number of allylic oxidation sites excluding steroid dienone is 1. The van der Waals surface area contributed by atoms with E-state index in [2.05, 4.69) is 31.0 Å². The van der Waals surface area contributed by atoms with Gasteiger partial charge in [-0.05, 0) is 25.0 Å². The quantitative estimate of drug-likeness (QED) is 0.567. The topological polar surface area (TPSA) is 3.24 Å². The predicted octanol–water partition coefficient (Wildman–Crippen LogP) is 2.25. The second kappa shape index (κ2) is 3.65. The van der Waals surface area contributed by atoms with Crippen molar-refractivity contribution in [2.24, 2.45) is 5.92 Å². The van der Waals surface area contributed by atoms with Gasteiger partial charge in [-0.1, -0.05) is 19.9 Å². The highest BCUT2D eigenvalue weighted by molar-refractivity contribution is 4.86. The summed E-state index contributed by atoms with van der Waals surface area (Å²) in [5.74, 6) is 0.695. The van der Waals surface area contributed by atoms with Crippen molar-refractivity contribution in [2.45, 2.75) is 26.7 Å². The summed E-state index contributed by atoms with van der Waals surface area (Å²) in [6, 6.07) is 0. The fourth-order valence-electron chi connectivity index (χ4n) is 1.18. The van der Waals surface area contributed by atoms with Crippen molar-refractivity contribution in [1.82, 2.24) is 4.90 Å². The molecule has 0 saturated carbocycles. The number of hydrogen-bond donors (Lipinski definition) is 0. The van der Waals surface area contributed by atoms with Gasteiger partial charge in [0.1, 0.15) is 0 Å². The van der Waals surface area contributed by atoms with E-state index in [1.165, 1.54) is 25.9 Å². The maximum absolute atomic E-state index is 2.40. The molecule has 1 aliphatic heterocycles. The van der Waals surface area contributed by atoms with Crippen molar-refractivity contribution < 1.29 is 0 Å². The van der Waals surface area contributed by atoms with E-state index < -0.39 is 0 Å². The third-order valence-corrected chi connectivity index (χ3v) is 1.82. The first-order chi connectivity index (χ1) is 4.79. The first kappa shape index (κ1) is 7.64. The number of likely N-dealkylation sites (tertiary alicyclic amines) is 1. The molecular weight excluding hydrogens is 122 g/mol. The zero-order valence-electron chi connectivity index (χ0n) is 7.01. The molecule has 0 N–H and O–H groups in total. The molecule has 0 aromatic heterocycles. The zero-order chi connectivity index (χ0) is 7.40. The van der Waals surface area contributed by atoms with Gasteiger partial charge in [-0.3, -0.25) is 0 Å². The molecule has 0 bridgehead atoms. The Balaban J connectivity index is 2.23. The van der Waals surface area contributed by atoms with Gasteiger partial charge >= 0.3 is 0 Å². The standard InChI is InChI=1S/C9H17N/c1-9(2)5-8-10-6-3-4-7-10/h5,8-9H,3-4,6-7H2,1-2H3/b8-5+. The van der Waals surface area contributed by atoms with E-state index in [9.17, 15) is 0 Å². The summed E-state index contributed by atoms with van der Waals surface area (Å²) < 4.78 is 0. The van der Waals surface area contributed by atoms with Crippen LogP contribution in [0.25, 0.3) is 0 Å². The molecule has 0 aromatic rings. The number of rotatable bonds is 2. The van der Waals surface area contributed by atoms with Gasteiger partial charge in [0.25, 0.3) is 0 Å². The summed E-state index contributed by atoms with van der Waals surface area (Å²) in [7, 11) is 0. The third-order valence-electron chi connectivity index (χ3n) is 1.82. The molecule has 0 spiro atoms. The Bertz CT molecular complexity index is 110. The predicted molar refractivity (Wildman–Crippen MR) is 44.8 cm³/mol. The molecule has 1 rings (SSSR count). The summed E-state index contributed by atoms with van der Waals surface area (Å²) in [5.41, 5.74) is 0. The van der Waals surface area contributed by atoms with Crippen LogP contribution in [0.4, 0.5) is 0 Å². The molecule has 0 atom stereocenters. The van der Waals surface area contributed by atoms with Crippen molar-refractivity contribution in [1.29, 1.82) is 0 Å². The lowest BCUT2D eigenvalue weighted by atomic mass is 10.2. The first-order valence-corrected chi connectivity index (χ1v) is 4.21. The highest BCUT2D eigenvalue weighted by Gasteiger charge is 2.05. The fourth-order valence-corrected chi connectivity index (χ4v) is 1.18. The minimum atomic E-state index is 0.695. The van der Waals surface area contributed by atoms with Gasteiger partial charge in [-0.15, -0.1) is 0 Å². The lowest BCUT2D eigenvalue weighted by Crippen LogP contribution is -2.10. The van der Waals surface area contributed by atoms with E-state index in [0.717, 1.165) is 0 Å². The lowest BCUT2D eigenvalue weighted by molar-refractivity contribution is 0.464. The summed E-state index contributed by atoms with van der Waals surface area (Å²) in [4.78, 5) is 2.40. The molecule has 0 radical (unpaired) electrons. The summed E-state index contributed by atoms with van der Waals surface area (Å²) in [6.45, 7) is 6.96. The van der Waals surface area contributed by atoms with Crippen LogP contribution in [0.15, 0.2) is 12.3 Å². The van der Waals surface area contributed by atoms with E-state index >= 15 is 0 Å². The molecule has 1 heterocycles. The summed E-state index contributed by atoms with van der Waals surface area (Å²) in [6.07, 6.45) is 7.27. The van der Waals surface area contributed by atoms with Crippen LogP contribution in [0.3, 0.4) is 0 Å². The average molecular weight is 139 g/mol. The smallest absolute Gasteiger partial charge is 0.0173 e. The van der Waals surface area contributed by atoms with E-state index in [-0.39, 0.29) is 0 Å². The summed E-state index contributed by atoms with van der Waals surface area (Å²) in [5, 5.41) is 0. The summed E-state index contributed by atoms with van der Waals surface area (Å²) >= 11 is 0. The second-order valence-electron chi connectivity index (χ2n) is 3.33. The van der Waals surface area contributed by atoms with Gasteiger partial charge in [0.15, 0.2) is 0 Å². The molecule has 1 heteroatoms. The van der Waals surface area contributed by atoms with Gasteiger partial charge < -0.3 is 4.90 Å². The Morgan fingerprint density at radius 3 is 2.30 bits per heavy atom. The Morgan fingerprint density at radius 1 is 1.20 bits per heavy atom. The van der Waals surface area contributed by atoms with E-state index in [4.69, 9.17) is 0 Å². The van der Waals surface area contributed by atoms with E-state index in [1.54, 1.807) is 0 Å². The minimum absolute atomic E-state index is 0.695. The van der Waals surface area contributed by atoms with Crippen LogP contribution < -0.4 is 0 Å². The van der Waals surface area contributed by atoms with Crippen LogP contribution in [0, 0.1) is 5.92 Å². The monoisotopic (exact) mass is 139 g/mol. The number of nitrogens with zero attached hydrogens (tertiary/aromatic N) is 1. The van der Waals surface area contributed by atoms with E-state index in [1.807, 2.05) is 0 Å². The maximum Gasteiger partial charge on any atom is 0.0173 e. The van der Waals surface area contributed by atoms with Gasteiger partial charge in [0.05, 0.1) is 0 Å². The van der Waals surface area contributed by atoms with Gasteiger partial charge in [0.2, 0.25) is 0 Å². The Hall–Kier alpha value is -0.460. The van der Waals surface area contributed by atoms with Crippen molar-refractivity contribution in [2.75, 3.05) is 13.1 Å². The van der Waals surface area contributed by atoms with Crippen LogP contribution in [0.1, 0.15) is 26.7 Å². The van der Waals surface area contributed by atoms with Crippen molar-refractivity contribution >= 4 is 0 Å².